The van der Waals surface area contributed by atoms with Crippen molar-refractivity contribution in [2.24, 2.45) is 0 Å². The average Bonchev–Trinajstić information content (AvgIpc) is 2.40. The maximum Gasteiger partial charge on any atom is 0.222 e. The summed E-state index contributed by atoms with van der Waals surface area (Å²) in [7, 11) is 0. The van der Waals surface area contributed by atoms with Gasteiger partial charge in [-0.25, -0.2) is 4.98 Å². The molecular weight excluding hydrogens is 334 g/mol. The van der Waals surface area contributed by atoms with E-state index in [-0.39, 0.29) is 23.4 Å². The van der Waals surface area contributed by atoms with Crippen molar-refractivity contribution in [2.75, 3.05) is 11.5 Å². The Morgan fingerprint density at radius 3 is 2.57 bits per heavy atom. The second kappa shape index (κ2) is 5.97. The fourth-order valence-corrected chi connectivity index (χ4v) is 2.29. The number of hydrogen-bond acceptors (Lipinski definition) is 6. The first-order chi connectivity index (χ1) is 9.92. The fourth-order valence-electron chi connectivity index (χ4n) is 1.81. The number of nitrogen functional groups attached to an aromatic ring is 2. The number of hydrogen-bond donors (Lipinski definition) is 2. The van der Waals surface area contributed by atoms with Crippen molar-refractivity contribution in [1.82, 2.24) is 9.97 Å². The molecule has 0 saturated carbocycles. The van der Waals surface area contributed by atoms with Crippen LogP contribution in [-0.2, 0) is 0 Å². The molecule has 0 aliphatic rings. The molecule has 0 unspecified atom stereocenters. The third kappa shape index (κ3) is 3.23. The molecule has 0 spiro atoms. The lowest BCUT2D eigenvalue weighted by Crippen LogP contribution is -2.06. The lowest BCUT2D eigenvalue weighted by atomic mass is 10.1. The molecule has 0 atom stereocenters. The number of nitrogens with two attached hydrogens (primary N) is 2. The zero-order valence-electron chi connectivity index (χ0n) is 11.6. The van der Waals surface area contributed by atoms with E-state index in [0.29, 0.717) is 17.0 Å². The van der Waals surface area contributed by atoms with Crippen molar-refractivity contribution >= 4 is 27.7 Å². The van der Waals surface area contributed by atoms with Crippen LogP contribution in [0, 0.1) is 11.3 Å². The van der Waals surface area contributed by atoms with Gasteiger partial charge in [-0.3, -0.25) is 0 Å². The van der Waals surface area contributed by atoms with E-state index in [9.17, 15) is 5.26 Å². The highest BCUT2D eigenvalue weighted by Gasteiger charge is 2.14. The van der Waals surface area contributed by atoms with Crippen LogP contribution >= 0.6 is 15.9 Å². The Balaban J connectivity index is 2.53. The van der Waals surface area contributed by atoms with Crippen LogP contribution in [0.2, 0.25) is 0 Å². The van der Waals surface area contributed by atoms with Gasteiger partial charge >= 0.3 is 0 Å². The molecule has 2 rings (SSSR count). The summed E-state index contributed by atoms with van der Waals surface area (Å²) >= 11 is 3.44. The van der Waals surface area contributed by atoms with Gasteiger partial charge in [-0.2, -0.15) is 10.2 Å². The number of anilines is 2. The first-order valence-corrected chi connectivity index (χ1v) is 7.01. The summed E-state index contributed by atoms with van der Waals surface area (Å²) < 4.78 is 6.40. The van der Waals surface area contributed by atoms with Crippen LogP contribution in [-0.4, -0.2) is 16.1 Å². The molecule has 1 heterocycles. The lowest BCUT2D eigenvalue weighted by Gasteiger charge is -2.13. The molecule has 0 amide bonds. The molecule has 4 N–H and O–H groups in total. The number of rotatable bonds is 3. The van der Waals surface area contributed by atoms with Gasteiger partial charge in [0.1, 0.15) is 23.2 Å². The van der Waals surface area contributed by atoms with E-state index in [1.807, 2.05) is 19.9 Å². The van der Waals surface area contributed by atoms with Gasteiger partial charge in [-0.05, 0) is 48.0 Å². The zero-order valence-corrected chi connectivity index (χ0v) is 13.2. The maximum absolute atomic E-state index is 9.21. The molecule has 0 radical (unpaired) electrons. The number of benzene rings is 1. The van der Waals surface area contributed by atoms with Crippen molar-refractivity contribution < 1.29 is 4.74 Å². The average molecular weight is 348 g/mol. The Hall–Kier alpha value is -2.33. The minimum Gasteiger partial charge on any atom is -0.490 e. The SMILES string of the molecule is CC(C)Oc1ccc(-c2nc(N)nc(N)c2C#N)cc1Br. The number of aromatic nitrogens is 2. The van der Waals surface area contributed by atoms with Crippen molar-refractivity contribution in [1.29, 1.82) is 5.26 Å². The number of halogens is 1. The van der Waals surface area contributed by atoms with Gasteiger partial charge in [-0.1, -0.05) is 0 Å². The first-order valence-electron chi connectivity index (χ1n) is 6.22. The summed E-state index contributed by atoms with van der Waals surface area (Å²) in [6, 6.07) is 7.41. The molecule has 108 valence electrons. The Kier molecular flexibility index (Phi) is 4.29. The Morgan fingerprint density at radius 1 is 1.29 bits per heavy atom. The van der Waals surface area contributed by atoms with Gasteiger partial charge in [0.25, 0.3) is 0 Å². The van der Waals surface area contributed by atoms with Crippen LogP contribution in [0.25, 0.3) is 11.3 Å². The molecule has 1 aromatic carbocycles. The third-order valence-electron chi connectivity index (χ3n) is 2.63. The van der Waals surface area contributed by atoms with Crippen LogP contribution < -0.4 is 16.2 Å². The van der Waals surface area contributed by atoms with Crippen molar-refractivity contribution in [3.8, 4) is 23.1 Å². The predicted octanol–water partition coefficient (Wildman–Crippen LogP) is 2.73. The Bertz CT molecular complexity index is 724. The van der Waals surface area contributed by atoms with E-state index in [1.165, 1.54) is 0 Å². The first kappa shape index (κ1) is 15.1. The normalized spacial score (nSPS) is 10.4. The summed E-state index contributed by atoms with van der Waals surface area (Å²) in [6.07, 6.45) is 0.0622. The van der Waals surface area contributed by atoms with Gasteiger partial charge in [0.05, 0.1) is 16.3 Å². The molecule has 0 aliphatic heterocycles. The molecule has 1 aromatic heterocycles. The van der Waals surface area contributed by atoms with E-state index in [4.69, 9.17) is 16.2 Å². The van der Waals surface area contributed by atoms with Gasteiger partial charge in [0.2, 0.25) is 5.95 Å². The van der Waals surface area contributed by atoms with Gasteiger partial charge in [0, 0.05) is 5.56 Å². The van der Waals surface area contributed by atoms with Crippen molar-refractivity contribution in [3.05, 3.63) is 28.2 Å². The molecule has 0 bridgehead atoms. The van der Waals surface area contributed by atoms with Crippen molar-refractivity contribution in [2.45, 2.75) is 20.0 Å². The minimum absolute atomic E-state index is 0.0279. The molecule has 0 aliphatic carbocycles. The zero-order chi connectivity index (χ0) is 15.6. The van der Waals surface area contributed by atoms with E-state index in [2.05, 4.69) is 25.9 Å². The van der Waals surface area contributed by atoms with E-state index in [0.717, 1.165) is 4.47 Å². The summed E-state index contributed by atoms with van der Waals surface area (Å²) in [6.45, 7) is 3.89. The molecular formula is C14H14BrN5O. The van der Waals surface area contributed by atoms with E-state index in [1.54, 1.807) is 18.2 Å². The number of ether oxygens (including phenoxy) is 1. The molecule has 2 aromatic rings. The third-order valence-corrected chi connectivity index (χ3v) is 3.25. The van der Waals surface area contributed by atoms with Gasteiger partial charge in [0.15, 0.2) is 0 Å². The summed E-state index contributed by atoms with van der Waals surface area (Å²) in [5.41, 5.74) is 12.6. The van der Waals surface area contributed by atoms with Crippen LogP contribution in [0.15, 0.2) is 22.7 Å². The van der Waals surface area contributed by atoms with Crippen LogP contribution in [0.4, 0.5) is 11.8 Å². The van der Waals surface area contributed by atoms with E-state index < -0.39 is 0 Å². The van der Waals surface area contributed by atoms with Gasteiger partial charge < -0.3 is 16.2 Å². The smallest absolute Gasteiger partial charge is 0.222 e. The Labute approximate surface area is 130 Å². The molecule has 0 fully saturated rings. The quantitative estimate of drug-likeness (QED) is 0.882. The largest absolute Gasteiger partial charge is 0.490 e. The van der Waals surface area contributed by atoms with Crippen molar-refractivity contribution in [3.63, 3.8) is 0 Å². The highest BCUT2D eigenvalue weighted by molar-refractivity contribution is 9.10. The van der Waals surface area contributed by atoms with Crippen LogP contribution in [0.1, 0.15) is 19.4 Å². The minimum atomic E-state index is 0.0279. The lowest BCUT2D eigenvalue weighted by molar-refractivity contribution is 0.241. The van der Waals surface area contributed by atoms with Gasteiger partial charge in [-0.15, -0.1) is 0 Å². The molecule has 6 nitrogen and oxygen atoms in total. The fraction of sp³-hybridized carbons (Fsp3) is 0.214. The predicted molar refractivity (Wildman–Crippen MR) is 84.5 cm³/mol. The summed E-state index contributed by atoms with van der Waals surface area (Å²) in [4.78, 5) is 7.90. The van der Waals surface area contributed by atoms with Crippen LogP contribution in [0.3, 0.4) is 0 Å². The Morgan fingerprint density at radius 2 is 2.00 bits per heavy atom. The van der Waals surface area contributed by atoms with E-state index >= 15 is 0 Å². The second-order valence-electron chi connectivity index (χ2n) is 4.61. The number of nitrogens with zero attached hydrogens (tertiary/aromatic N) is 3. The molecule has 21 heavy (non-hydrogen) atoms. The monoisotopic (exact) mass is 347 g/mol. The standard InChI is InChI=1S/C14H14BrN5O/c1-7(2)21-11-4-3-8(5-10(11)15)12-9(6-16)13(17)20-14(18)19-12/h3-5,7H,1-2H3,(H4,17,18,19,20). The summed E-state index contributed by atoms with van der Waals surface area (Å²) in [5, 5.41) is 9.21. The number of nitriles is 1. The summed E-state index contributed by atoms with van der Waals surface area (Å²) in [5.74, 6) is 0.806. The molecule has 7 heteroatoms. The highest BCUT2D eigenvalue weighted by Crippen LogP contribution is 2.33. The maximum atomic E-state index is 9.21. The topological polar surface area (TPSA) is 111 Å². The second-order valence-corrected chi connectivity index (χ2v) is 5.47. The molecule has 0 saturated heterocycles. The van der Waals surface area contributed by atoms with Crippen LogP contribution in [0.5, 0.6) is 5.75 Å². The highest BCUT2D eigenvalue weighted by atomic mass is 79.9.